The van der Waals surface area contributed by atoms with E-state index in [4.69, 9.17) is 0 Å². The van der Waals surface area contributed by atoms with Crippen LogP contribution in [0.1, 0.15) is 24.1 Å². The van der Waals surface area contributed by atoms with Crippen LogP contribution in [0.3, 0.4) is 0 Å². The van der Waals surface area contributed by atoms with Gasteiger partial charge in [0.1, 0.15) is 0 Å². The summed E-state index contributed by atoms with van der Waals surface area (Å²) in [6, 6.07) is 4.43. The molecule has 3 heterocycles. The zero-order chi connectivity index (χ0) is 13.6. The Labute approximate surface area is 151 Å². The Balaban J connectivity index is 0.00000121. The van der Waals surface area contributed by atoms with Gasteiger partial charge >= 0.3 is 0 Å². The van der Waals surface area contributed by atoms with Gasteiger partial charge in [0.05, 0.1) is 0 Å². The van der Waals surface area contributed by atoms with Crippen LogP contribution in [0.15, 0.2) is 17.5 Å². The molecule has 1 aromatic rings. The van der Waals surface area contributed by atoms with Crippen molar-refractivity contribution in [3.05, 3.63) is 22.4 Å². The van der Waals surface area contributed by atoms with Gasteiger partial charge < -0.3 is 10.2 Å². The van der Waals surface area contributed by atoms with Gasteiger partial charge in [0, 0.05) is 31.1 Å². The molecule has 2 saturated heterocycles. The van der Waals surface area contributed by atoms with E-state index in [9.17, 15) is 0 Å². The van der Waals surface area contributed by atoms with Crippen LogP contribution in [0.25, 0.3) is 0 Å². The number of piperidine rings is 1. The van der Waals surface area contributed by atoms with Gasteiger partial charge in [0.15, 0.2) is 0 Å². The lowest BCUT2D eigenvalue weighted by atomic mass is 9.99. The molecule has 1 N–H and O–H groups in total. The molecule has 1 atom stereocenters. The fourth-order valence-electron chi connectivity index (χ4n) is 3.43. The molecule has 0 aromatic carbocycles. The maximum atomic E-state index is 3.54. The summed E-state index contributed by atoms with van der Waals surface area (Å²) >= 11 is 1.89. The van der Waals surface area contributed by atoms with Crippen molar-refractivity contribution in [2.75, 3.05) is 45.8 Å². The van der Waals surface area contributed by atoms with E-state index in [1.54, 1.807) is 0 Å². The van der Waals surface area contributed by atoms with Crippen molar-refractivity contribution < 1.29 is 0 Å². The second kappa shape index (κ2) is 10.8. The summed E-state index contributed by atoms with van der Waals surface area (Å²) in [7, 11) is 0. The van der Waals surface area contributed by atoms with Gasteiger partial charge in [-0.15, -0.1) is 36.2 Å². The highest BCUT2D eigenvalue weighted by atomic mass is 35.5. The SMILES string of the molecule is Cl.Cl.c1csc(CN2CCCN(CC3CCCNC3)CC2)c1. The second-order valence-electron chi connectivity index (χ2n) is 6.22. The number of hydrogen-bond donors (Lipinski definition) is 1. The van der Waals surface area contributed by atoms with E-state index >= 15 is 0 Å². The molecule has 0 aliphatic carbocycles. The Morgan fingerprint density at radius 2 is 1.91 bits per heavy atom. The van der Waals surface area contributed by atoms with Crippen molar-refractivity contribution in [3.63, 3.8) is 0 Å². The summed E-state index contributed by atoms with van der Waals surface area (Å²) in [6.07, 6.45) is 4.11. The quantitative estimate of drug-likeness (QED) is 0.884. The van der Waals surface area contributed by atoms with E-state index in [2.05, 4.69) is 32.6 Å². The fourth-order valence-corrected chi connectivity index (χ4v) is 4.18. The second-order valence-corrected chi connectivity index (χ2v) is 7.25. The van der Waals surface area contributed by atoms with Crippen molar-refractivity contribution in [1.29, 1.82) is 0 Å². The monoisotopic (exact) mass is 365 g/mol. The molecule has 2 fully saturated rings. The van der Waals surface area contributed by atoms with Crippen molar-refractivity contribution in [1.82, 2.24) is 15.1 Å². The molecule has 0 bridgehead atoms. The summed E-state index contributed by atoms with van der Waals surface area (Å²) in [4.78, 5) is 6.84. The van der Waals surface area contributed by atoms with Crippen LogP contribution in [0.4, 0.5) is 0 Å². The smallest absolute Gasteiger partial charge is 0.0328 e. The first-order chi connectivity index (χ1) is 9.90. The van der Waals surface area contributed by atoms with Crippen molar-refractivity contribution in [2.24, 2.45) is 5.92 Å². The third-order valence-electron chi connectivity index (χ3n) is 4.56. The minimum absolute atomic E-state index is 0. The van der Waals surface area contributed by atoms with E-state index in [1.807, 2.05) is 11.3 Å². The van der Waals surface area contributed by atoms with Gasteiger partial charge in [-0.2, -0.15) is 0 Å². The molecule has 0 saturated carbocycles. The molecular weight excluding hydrogens is 337 g/mol. The summed E-state index contributed by atoms with van der Waals surface area (Å²) in [5, 5.41) is 5.73. The Morgan fingerprint density at radius 3 is 2.64 bits per heavy atom. The number of thiophene rings is 1. The molecule has 2 aliphatic rings. The first kappa shape index (κ1) is 20.2. The van der Waals surface area contributed by atoms with Crippen molar-refractivity contribution >= 4 is 36.2 Å². The largest absolute Gasteiger partial charge is 0.316 e. The molecule has 3 nitrogen and oxygen atoms in total. The summed E-state index contributed by atoms with van der Waals surface area (Å²) in [5.41, 5.74) is 0. The van der Waals surface area contributed by atoms with Gasteiger partial charge in [-0.3, -0.25) is 4.90 Å². The lowest BCUT2D eigenvalue weighted by Gasteiger charge is -2.29. The topological polar surface area (TPSA) is 18.5 Å². The minimum Gasteiger partial charge on any atom is -0.316 e. The van der Waals surface area contributed by atoms with E-state index in [0.29, 0.717) is 0 Å². The molecule has 1 unspecified atom stereocenters. The average Bonchev–Trinajstić information content (AvgIpc) is 2.88. The highest BCUT2D eigenvalue weighted by Crippen LogP contribution is 2.16. The van der Waals surface area contributed by atoms with Crippen LogP contribution in [-0.4, -0.2) is 55.6 Å². The van der Waals surface area contributed by atoms with Gasteiger partial charge in [-0.05, 0) is 62.8 Å². The highest BCUT2D eigenvalue weighted by molar-refractivity contribution is 7.09. The first-order valence-corrected chi connectivity index (χ1v) is 8.96. The molecule has 1 aromatic heterocycles. The minimum atomic E-state index is 0. The van der Waals surface area contributed by atoms with Crippen LogP contribution >= 0.6 is 36.2 Å². The molecule has 0 amide bonds. The van der Waals surface area contributed by atoms with Gasteiger partial charge in [0.25, 0.3) is 0 Å². The Hall–Kier alpha value is 0.160. The number of nitrogens with zero attached hydrogens (tertiary/aromatic N) is 2. The molecule has 2 aliphatic heterocycles. The summed E-state index contributed by atoms with van der Waals surface area (Å²) in [6.45, 7) is 9.95. The number of rotatable bonds is 4. The fraction of sp³-hybridized carbons (Fsp3) is 0.750. The van der Waals surface area contributed by atoms with Crippen LogP contribution in [0.5, 0.6) is 0 Å². The van der Waals surface area contributed by atoms with E-state index in [-0.39, 0.29) is 24.8 Å². The van der Waals surface area contributed by atoms with Gasteiger partial charge in [-0.25, -0.2) is 0 Å². The molecule has 0 spiro atoms. The van der Waals surface area contributed by atoms with Crippen LogP contribution < -0.4 is 5.32 Å². The average molecular weight is 366 g/mol. The third-order valence-corrected chi connectivity index (χ3v) is 5.42. The summed E-state index contributed by atoms with van der Waals surface area (Å²) in [5.74, 6) is 0.882. The normalized spacial score (nSPS) is 24.1. The summed E-state index contributed by atoms with van der Waals surface area (Å²) < 4.78 is 0. The lowest BCUT2D eigenvalue weighted by Crippen LogP contribution is -2.39. The standard InChI is InChI=1S/C16H27N3S.2ClH/c1-4-15(12-17-6-1)13-18-7-3-8-19(10-9-18)14-16-5-2-11-20-16;;/h2,5,11,15,17H,1,3-4,6-10,12-14H2;2*1H. The molecular formula is C16H29Cl2N3S. The Morgan fingerprint density at radius 1 is 1.09 bits per heavy atom. The molecule has 0 radical (unpaired) electrons. The zero-order valence-corrected chi connectivity index (χ0v) is 15.7. The molecule has 3 rings (SSSR count). The van der Waals surface area contributed by atoms with Gasteiger partial charge in [0.2, 0.25) is 0 Å². The molecule has 6 heteroatoms. The van der Waals surface area contributed by atoms with Gasteiger partial charge in [-0.1, -0.05) is 6.07 Å². The van der Waals surface area contributed by atoms with Crippen LogP contribution in [-0.2, 0) is 6.54 Å². The van der Waals surface area contributed by atoms with E-state index in [0.717, 1.165) is 12.5 Å². The number of hydrogen-bond acceptors (Lipinski definition) is 4. The van der Waals surface area contributed by atoms with Crippen molar-refractivity contribution in [2.45, 2.75) is 25.8 Å². The van der Waals surface area contributed by atoms with E-state index < -0.39 is 0 Å². The zero-order valence-electron chi connectivity index (χ0n) is 13.2. The molecule has 128 valence electrons. The number of halogens is 2. The maximum absolute atomic E-state index is 3.54. The van der Waals surface area contributed by atoms with Crippen LogP contribution in [0.2, 0.25) is 0 Å². The predicted molar refractivity (Wildman–Crippen MR) is 101 cm³/mol. The van der Waals surface area contributed by atoms with Crippen LogP contribution in [0, 0.1) is 5.92 Å². The Kier molecular flexibility index (Phi) is 9.96. The highest BCUT2D eigenvalue weighted by Gasteiger charge is 2.20. The lowest BCUT2D eigenvalue weighted by molar-refractivity contribution is 0.207. The molecule has 22 heavy (non-hydrogen) atoms. The maximum Gasteiger partial charge on any atom is 0.0328 e. The first-order valence-electron chi connectivity index (χ1n) is 8.08. The van der Waals surface area contributed by atoms with Crippen molar-refractivity contribution in [3.8, 4) is 0 Å². The Bertz CT molecular complexity index is 383. The third kappa shape index (κ3) is 6.34. The van der Waals surface area contributed by atoms with E-state index in [1.165, 1.54) is 70.0 Å². The number of nitrogens with one attached hydrogen (secondary N) is 1. The predicted octanol–water partition coefficient (Wildman–Crippen LogP) is 3.10.